The first kappa shape index (κ1) is 17.5. The van der Waals surface area contributed by atoms with Crippen molar-refractivity contribution in [3.05, 3.63) is 51.9 Å². The number of ether oxygens (including phenoxy) is 2. The fraction of sp³-hybridized carbons (Fsp3) is 0.263. The van der Waals surface area contributed by atoms with E-state index in [4.69, 9.17) is 21.1 Å². The zero-order valence-electron chi connectivity index (χ0n) is 14.7. The lowest BCUT2D eigenvalue weighted by Gasteiger charge is -2.20. The third kappa shape index (κ3) is 3.26. The second-order valence-electron chi connectivity index (χ2n) is 6.26. The smallest absolute Gasteiger partial charge is 0.328 e. The Morgan fingerprint density at radius 1 is 1.15 bits per heavy atom. The first-order chi connectivity index (χ1) is 13.0. The number of imidazole rings is 1. The van der Waals surface area contributed by atoms with Gasteiger partial charge in [0.05, 0.1) is 21.7 Å². The van der Waals surface area contributed by atoms with Gasteiger partial charge in [-0.1, -0.05) is 23.7 Å². The van der Waals surface area contributed by atoms with Crippen LogP contribution in [0.3, 0.4) is 0 Å². The standard InChI is InChI=1S/C19H18ClN3O4/c1-22-14-4-2-3-5-15(14)23(19(22)25)7-6-18(24)21-13-11-17-16(10-12(13)20)26-8-9-27-17/h2-5,10-11H,6-9H2,1H3,(H,21,24). The van der Waals surface area contributed by atoms with Crippen molar-refractivity contribution in [1.29, 1.82) is 0 Å². The van der Waals surface area contributed by atoms with Crippen molar-refractivity contribution < 1.29 is 14.3 Å². The van der Waals surface area contributed by atoms with Crippen molar-refractivity contribution in [3.8, 4) is 11.5 Å². The molecule has 0 saturated heterocycles. The van der Waals surface area contributed by atoms with Crippen LogP contribution >= 0.6 is 11.6 Å². The minimum absolute atomic E-state index is 0.138. The van der Waals surface area contributed by atoms with E-state index in [1.807, 2.05) is 24.3 Å². The summed E-state index contributed by atoms with van der Waals surface area (Å²) >= 11 is 6.22. The number of hydrogen-bond acceptors (Lipinski definition) is 4. The average Bonchev–Trinajstić information content (AvgIpc) is 2.91. The van der Waals surface area contributed by atoms with Crippen LogP contribution in [0.15, 0.2) is 41.2 Å². The number of nitrogens with one attached hydrogen (secondary N) is 1. The molecule has 0 aliphatic carbocycles. The number of benzene rings is 2. The molecule has 7 nitrogen and oxygen atoms in total. The third-order valence-corrected chi connectivity index (χ3v) is 4.83. The SMILES string of the molecule is Cn1c(=O)n(CCC(=O)Nc2cc3c(cc2Cl)OCCO3)c2ccccc21. The molecule has 1 aromatic heterocycles. The number of para-hydroxylation sites is 2. The highest BCUT2D eigenvalue weighted by Gasteiger charge is 2.17. The molecule has 2 aromatic carbocycles. The third-order valence-electron chi connectivity index (χ3n) is 4.52. The summed E-state index contributed by atoms with van der Waals surface area (Å²) < 4.78 is 14.1. The number of carbonyl (C=O) groups excluding carboxylic acids is 1. The molecular formula is C19H18ClN3O4. The molecule has 3 aromatic rings. The summed E-state index contributed by atoms with van der Waals surface area (Å²) in [6.45, 7) is 1.19. The fourth-order valence-electron chi connectivity index (χ4n) is 3.17. The molecule has 0 atom stereocenters. The summed E-state index contributed by atoms with van der Waals surface area (Å²) in [4.78, 5) is 24.8. The second kappa shape index (κ2) is 7.00. The van der Waals surface area contributed by atoms with Crippen LogP contribution in [0.4, 0.5) is 5.69 Å². The van der Waals surface area contributed by atoms with Crippen LogP contribution in [0.25, 0.3) is 11.0 Å². The minimum Gasteiger partial charge on any atom is -0.486 e. The van der Waals surface area contributed by atoms with Gasteiger partial charge in [-0.05, 0) is 12.1 Å². The van der Waals surface area contributed by atoms with Gasteiger partial charge < -0.3 is 14.8 Å². The maximum absolute atomic E-state index is 12.4. The molecule has 0 saturated carbocycles. The van der Waals surface area contributed by atoms with Gasteiger partial charge in [0.25, 0.3) is 0 Å². The number of aryl methyl sites for hydroxylation is 2. The Bertz CT molecular complexity index is 1090. The zero-order valence-corrected chi connectivity index (χ0v) is 15.5. The van der Waals surface area contributed by atoms with Crippen LogP contribution in [-0.2, 0) is 18.4 Å². The van der Waals surface area contributed by atoms with Crippen molar-refractivity contribution in [1.82, 2.24) is 9.13 Å². The lowest BCUT2D eigenvalue weighted by atomic mass is 10.2. The van der Waals surface area contributed by atoms with Gasteiger partial charge in [-0.15, -0.1) is 0 Å². The van der Waals surface area contributed by atoms with Crippen molar-refractivity contribution in [2.24, 2.45) is 7.05 Å². The Morgan fingerprint density at radius 3 is 2.56 bits per heavy atom. The van der Waals surface area contributed by atoms with Crippen LogP contribution in [0, 0.1) is 0 Å². The Morgan fingerprint density at radius 2 is 1.81 bits per heavy atom. The Labute approximate surface area is 160 Å². The van der Waals surface area contributed by atoms with Crippen LogP contribution in [-0.4, -0.2) is 28.3 Å². The van der Waals surface area contributed by atoms with E-state index in [1.165, 1.54) is 0 Å². The number of hydrogen-bond donors (Lipinski definition) is 1. The first-order valence-corrected chi connectivity index (χ1v) is 8.95. The van der Waals surface area contributed by atoms with Crippen molar-refractivity contribution in [3.63, 3.8) is 0 Å². The normalized spacial score (nSPS) is 13.0. The topological polar surface area (TPSA) is 74.5 Å². The average molecular weight is 388 g/mol. The van der Waals surface area contributed by atoms with Gasteiger partial charge in [-0.3, -0.25) is 13.9 Å². The highest BCUT2D eigenvalue weighted by molar-refractivity contribution is 6.34. The molecule has 27 heavy (non-hydrogen) atoms. The van der Waals surface area contributed by atoms with Crippen LogP contribution < -0.4 is 20.5 Å². The predicted molar refractivity (Wildman–Crippen MR) is 103 cm³/mol. The van der Waals surface area contributed by atoms with Crippen LogP contribution in [0.2, 0.25) is 5.02 Å². The number of aromatic nitrogens is 2. The van der Waals surface area contributed by atoms with E-state index in [-0.39, 0.29) is 24.6 Å². The van der Waals surface area contributed by atoms with E-state index >= 15 is 0 Å². The molecule has 1 N–H and O–H groups in total. The molecule has 2 heterocycles. The van der Waals surface area contributed by atoms with Crippen LogP contribution in [0.1, 0.15) is 6.42 Å². The molecule has 8 heteroatoms. The van der Waals surface area contributed by atoms with Gasteiger partial charge in [-0.2, -0.15) is 0 Å². The number of anilines is 1. The molecule has 4 rings (SSSR count). The van der Waals surface area contributed by atoms with Crippen molar-refractivity contribution in [2.75, 3.05) is 18.5 Å². The summed E-state index contributed by atoms with van der Waals surface area (Å²) in [5.74, 6) is 0.867. The van der Waals surface area contributed by atoms with E-state index in [0.29, 0.717) is 35.4 Å². The van der Waals surface area contributed by atoms with Crippen molar-refractivity contribution >= 4 is 34.2 Å². The molecule has 0 unspecified atom stereocenters. The molecule has 0 radical (unpaired) electrons. The number of halogens is 1. The van der Waals surface area contributed by atoms with E-state index < -0.39 is 0 Å². The van der Waals surface area contributed by atoms with Crippen LogP contribution in [0.5, 0.6) is 11.5 Å². The van der Waals surface area contributed by atoms with E-state index in [9.17, 15) is 9.59 Å². The largest absolute Gasteiger partial charge is 0.486 e. The number of nitrogens with zero attached hydrogens (tertiary/aromatic N) is 2. The van der Waals surface area contributed by atoms with Gasteiger partial charge in [0, 0.05) is 32.1 Å². The second-order valence-corrected chi connectivity index (χ2v) is 6.66. The molecule has 140 valence electrons. The summed E-state index contributed by atoms with van der Waals surface area (Å²) in [6, 6.07) is 10.8. The lowest BCUT2D eigenvalue weighted by molar-refractivity contribution is -0.116. The van der Waals surface area contributed by atoms with Gasteiger partial charge in [0.1, 0.15) is 13.2 Å². The number of fused-ring (bicyclic) bond motifs is 2. The van der Waals surface area contributed by atoms with Gasteiger partial charge in [0.2, 0.25) is 5.91 Å². The minimum atomic E-state index is -0.242. The molecule has 1 aliphatic heterocycles. The fourth-order valence-corrected chi connectivity index (χ4v) is 3.37. The molecule has 1 amide bonds. The zero-order chi connectivity index (χ0) is 19.0. The number of carbonyl (C=O) groups is 1. The Kier molecular flexibility index (Phi) is 4.53. The highest BCUT2D eigenvalue weighted by Crippen LogP contribution is 2.37. The van der Waals surface area contributed by atoms with E-state index in [2.05, 4.69) is 5.32 Å². The van der Waals surface area contributed by atoms with Gasteiger partial charge in [-0.25, -0.2) is 4.79 Å². The highest BCUT2D eigenvalue weighted by atomic mass is 35.5. The summed E-state index contributed by atoms with van der Waals surface area (Å²) in [5.41, 5.74) is 1.94. The maximum atomic E-state index is 12.4. The summed E-state index contributed by atoms with van der Waals surface area (Å²) in [6.07, 6.45) is 0.138. The summed E-state index contributed by atoms with van der Waals surface area (Å²) in [5, 5.41) is 3.15. The molecule has 0 spiro atoms. The first-order valence-electron chi connectivity index (χ1n) is 8.58. The number of rotatable bonds is 4. The Balaban J connectivity index is 1.50. The molecule has 1 aliphatic rings. The van der Waals surface area contributed by atoms with Gasteiger partial charge >= 0.3 is 5.69 Å². The van der Waals surface area contributed by atoms with Gasteiger partial charge in [0.15, 0.2) is 11.5 Å². The summed E-state index contributed by atoms with van der Waals surface area (Å²) in [7, 11) is 1.72. The lowest BCUT2D eigenvalue weighted by Crippen LogP contribution is -2.24. The monoisotopic (exact) mass is 387 g/mol. The predicted octanol–water partition coefficient (Wildman–Crippen LogP) is 2.79. The van der Waals surface area contributed by atoms with E-state index in [0.717, 1.165) is 11.0 Å². The van der Waals surface area contributed by atoms with E-state index in [1.54, 1.807) is 28.3 Å². The van der Waals surface area contributed by atoms with Crippen molar-refractivity contribution in [2.45, 2.75) is 13.0 Å². The Hall–Kier alpha value is -2.93. The molecular weight excluding hydrogens is 370 g/mol. The molecule has 0 fully saturated rings. The quantitative estimate of drug-likeness (QED) is 0.747. The molecule has 0 bridgehead atoms. The maximum Gasteiger partial charge on any atom is 0.328 e. The number of amides is 1.